The Labute approximate surface area is 230 Å². The third kappa shape index (κ3) is 6.37. The Balaban J connectivity index is 1.46. The van der Waals surface area contributed by atoms with Crippen LogP contribution in [-0.2, 0) is 16.9 Å². The highest BCUT2D eigenvalue weighted by atomic mass is 16.5. The summed E-state index contributed by atoms with van der Waals surface area (Å²) in [5, 5.41) is 2.91. The highest BCUT2D eigenvalue weighted by Crippen LogP contribution is 2.43. The summed E-state index contributed by atoms with van der Waals surface area (Å²) in [6.07, 6.45) is 5.22. The van der Waals surface area contributed by atoms with Gasteiger partial charge in [0.25, 0.3) is 0 Å². The van der Waals surface area contributed by atoms with Crippen molar-refractivity contribution in [1.29, 1.82) is 0 Å². The number of nitrogens with zero attached hydrogens (tertiary/aromatic N) is 4. The Kier molecular flexibility index (Phi) is 8.81. The van der Waals surface area contributed by atoms with E-state index in [0.29, 0.717) is 29.4 Å². The van der Waals surface area contributed by atoms with Crippen LogP contribution in [0.2, 0.25) is 0 Å². The largest absolute Gasteiger partial charge is 0.457 e. The Morgan fingerprint density at radius 1 is 1.10 bits per heavy atom. The summed E-state index contributed by atoms with van der Waals surface area (Å²) in [5.74, 6) is 0.440. The van der Waals surface area contributed by atoms with Gasteiger partial charge in [0.05, 0.1) is 23.1 Å². The van der Waals surface area contributed by atoms with Gasteiger partial charge in [0.2, 0.25) is 5.95 Å². The van der Waals surface area contributed by atoms with Gasteiger partial charge in [-0.15, -0.1) is 0 Å². The molecule has 0 aliphatic heterocycles. The van der Waals surface area contributed by atoms with Crippen LogP contribution in [0.3, 0.4) is 0 Å². The van der Waals surface area contributed by atoms with Crippen molar-refractivity contribution in [3.8, 4) is 0 Å². The molecular formula is C30H38N6O3. The van der Waals surface area contributed by atoms with E-state index in [1.165, 1.54) is 0 Å². The zero-order chi connectivity index (χ0) is 28.0. The number of urea groups is 1. The molecule has 1 aromatic heterocycles. The number of aryl methyl sites for hydroxylation is 1. The topological polar surface area (TPSA) is 114 Å². The zero-order valence-corrected chi connectivity index (χ0v) is 23.2. The van der Waals surface area contributed by atoms with Gasteiger partial charge >= 0.3 is 12.0 Å². The van der Waals surface area contributed by atoms with Crippen LogP contribution in [0.4, 0.5) is 16.4 Å². The molecule has 1 heterocycles. The van der Waals surface area contributed by atoms with Gasteiger partial charge < -0.3 is 15.8 Å². The van der Waals surface area contributed by atoms with E-state index in [0.717, 1.165) is 36.8 Å². The van der Waals surface area contributed by atoms with Crippen LogP contribution in [0.5, 0.6) is 0 Å². The number of carbonyl (C=O) groups excluding carboxylic acids is 2. The number of ether oxygens (including phenoxy) is 1. The standard InChI is InChI=1S/C30H38N6O3/c1-21-26(18-33-29(32-2)34-21)36(28(31)38)19-22-13-15-30(16-14-22,35(3)4)25-12-8-11-24(17-25)27(37)39-20-23-9-6-5-7-10-23/h5-12,17-18,22H,13-16,19-20H2,1-4H3,(H2,31,38)(H,32,33,34). The summed E-state index contributed by atoms with van der Waals surface area (Å²) in [7, 11) is 5.92. The zero-order valence-electron chi connectivity index (χ0n) is 23.2. The van der Waals surface area contributed by atoms with Gasteiger partial charge in [-0.1, -0.05) is 42.5 Å². The van der Waals surface area contributed by atoms with Crippen LogP contribution in [0.1, 0.15) is 52.9 Å². The summed E-state index contributed by atoms with van der Waals surface area (Å²) in [5.41, 5.74) is 9.49. The highest BCUT2D eigenvalue weighted by Gasteiger charge is 2.40. The van der Waals surface area contributed by atoms with Gasteiger partial charge in [-0.3, -0.25) is 9.80 Å². The molecule has 39 heavy (non-hydrogen) atoms. The van der Waals surface area contributed by atoms with Crippen molar-refractivity contribution in [2.45, 2.75) is 44.8 Å². The maximum atomic E-state index is 12.9. The molecule has 1 aliphatic rings. The van der Waals surface area contributed by atoms with E-state index in [9.17, 15) is 9.59 Å². The molecule has 2 amide bonds. The van der Waals surface area contributed by atoms with Gasteiger partial charge in [-0.25, -0.2) is 19.6 Å². The van der Waals surface area contributed by atoms with Crippen LogP contribution < -0.4 is 16.0 Å². The lowest BCUT2D eigenvalue weighted by molar-refractivity contribution is 0.0470. The first-order chi connectivity index (χ1) is 18.7. The molecule has 9 nitrogen and oxygen atoms in total. The van der Waals surface area contributed by atoms with Crippen molar-refractivity contribution < 1.29 is 14.3 Å². The fourth-order valence-electron chi connectivity index (χ4n) is 5.49. The molecule has 206 valence electrons. The second-order valence-electron chi connectivity index (χ2n) is 10.4. The SMILES string of the molecule is CNc1ncc(N(CC2CCC(c3cccc(C(=O)OCc4ccccc4)c3)(N(C)C)CC2)C(N)=O)c(C)n1. The molecule has 9 heteroatoms. The first kappa shape index (κ1) is 28.0. The molecule has 2 aromatic carbocycles. The van der Waals surface area contributed by atoms with E-state index in [1.54, 1.807) is 24.2 Å². The second kappa shape index (κ2) is 12.3. The number of anilines is 2. The van der Waals surface area contributed by atoms with E-state index >= 15 is 0 Å². The van der Waals surface area contributed by atoms with E-state index in [4.69, 9.17) is 10.5 Å². The monoisotopic (exact) mass is 530 g/mol. The molecular weight excluding hydrogens is 492 g/mol. The Morgan fingerprint density at radius 3 is 2.44 bits per heavy atom. The fraction of sp³-hybridized carbons (Fsp3) is 0.400. The molecule has 0 radical (unpaired) electrons. The molecule has 4 rings (SSSR count). The van der Waals surface area contributed by atoms with Gasteiger partial charge in [-0.2, -0.15) is 0 Å². The minimum Gasteiger partial charge on any atom is -0.457 e. The number of hydrogen-bond acceptors (Lipinski definition) is 7. The second-order valence-corrected chi connectivity index (χ2v) is 10.4. The quantitative estimate of drug-likeness (QED) is 0.385. The van der Waals surface area contributed by atoms with E-state index in [1.807, 2.05) is 49.4 Å². The van der Waals surface area contributed by atoms with Crippen molar-refractivity contribution in [3.63, 3.8) is 0 Å². The minimum absolute atomic E-state index is 0.225. The van der Waals surface area contributed by atoms with Crippen molar-refractivity contribution in [1.82, 2.24) is 14.9 Å². The number of carbonyl (C=O) groups is 2. The smallest absolute Gasteiger partial charge is 0.338 e. The Hall–Kier alpha value is -3.98. The van der Waals surface area contributed by atoms with Gasteiger partial charge in [0.15, 0.2) is 0 Å². The van der Waals surface area contributed by atoms with Gasteiger partial charge in [0.1, 0.15) is 6.61 Å². The van der Waals surface area contributed by atoms with E-state index in [-0.39, 0.29) is 24.0 Å². The molecule has 0 saturated heterocycles. The lowest BCUT2D eigenvalue weighted by Crippen LogP contribution is -2.47. The molecule has 0 unspecified atom stereocenters. The molecule has 1 fully saturated rings. The van der Waals surface area contributed by atoms with E-state index < -0.39 is 6.03 Å². The molecule has 3 aromatic rings. The summed E-state index contributed by atoms with van der Waals surface area (Å²) >= 11 is 0. The van der Waals surface area contributed by atoms with Crippen LogP contribution in [0, 0.1) is 12.8 Å². The van der Waals surface area contributed by atoms with Crippen LogP contribution in [-0.4, -0.2) is 54.6 Å². The number of esters is 1. The Morgan fingerprint density at radius 2 is 1.82 bits per heavy atom. The predicted octanol–water partition coefficient (Wildman–Crippen LogP) is 4.72. The van der Waals surface area contributed by atoms with Crippen LogP contribution in [0.25, 0.3) is 0 Å². The average Bonchev–Trinajstić information content (AvgIpc) is 2.95. The molecule has 1 aliphatic carbocycles. The number of nitrogens with two attached hydrogens (primary N) is 1. The van der Waals surface area contributed by atoms with Gasteiger partial charge in [0, 0.05) is 19.1 Å². The van der Waals surface area contributed by atoms with E-state index in [2.05, 4.69) is 40.3 Å². The number of primary amides is 1. The molecule has 3 N–H and O–H groups in total. The third-order valence-electron chi connectivity index (χ3n) is 7.81. The number of aromatic nitrogens is 2. The molecule has 0 atom stereocenters. The molecule has 0 spiro atoms. The Bertz CT molecular complexity index is 1290. The number of rotatable bonds is 9. The van der Waals surface area contributed by atoms with Crippen LogP contribution >= 0.6 is 0 Å². The van der Waals surface area contributed by atoms with Crippen LogP contribution in [0.15, 0.2) is 60.8 Å². The maximum absolute atomic E-state index is 12.9. The van der Waals surface area contributed by atoms with Gasteiger partial charge in [-0.05, 0) is 75.9 Å². The lowest BCUT2D eigenvalue weighted by atomic mass is 9.71. The lowest BCUT2D eigenvalue weighted by Gasteiger charge is -2.46. The summed E-state index contributed by atoms with van der Waals surface area (Å²) in [6.45, 7) is 2.60. The predicted molar refractivity (Wildman–Crippen MR) is 153 cm³/mol. The summed E-state index contributed by atoms with van der Waals surface area (Å²) < 4.78 is 5.58. The first-order valence-electron chi connectivity index (χ1n) is 13.3. The molecule has 1 saturated carbocycles. The summed E-state index contributed by atoms with van der Waals surface area (Å²) in [6, 6.07) is 17.0. The third-order valence-corrected chi connectivity index (χ3v) is 7.81. The number of amides is 2. The minimum atomic E-state index is -0.509. The van der Waals surface area contributed by atoms with Crippen molar-refractivity contribution in [2.75, 3.05) is 37.9 Å². The fourth-order valence-corrected chi connectivity index (χ4v) is 5.49. The number of benzene rings is 2. The van der Waals surface area contributed by atoms with Crippen molar-refractivity contribution in [2.24, 2.45) is 11.7 Å². The summed E-state index contributed by atoms with van der Waals surface area (Å²) in [4.78, 5) is 37.8. The molecule has 0 bridgehead atoms. The normalized spacial score (nSPS) is 18.9. The average molecular weight is 531 g/mol. The first-order valence-corrected chi connectivity index (χ1v) is 13.3. The van der Waals surface area contributed by atoms with Crippen molar-refractivity contribution in [3.05, 3.63) is 83.2 Å². The number of hydrogen-bond donors (Lipinski definition) is 2. The maximum Gasteiger partial charge on any atom is 0.338 e. The highest BCUT2D eigenvalue weighted by molar-refractivity contribution is 5.91. The van der Waals surface area contributed by atoms with Crippen molar-refractivity contribution >= 4 is 23.6 Å². The number of nitrogens with one attached hydrogen (secondary N) is 1.